The number of rotatable bonds is 1. The van der Waals surface area contributed by atoms with Gasteiger partial charge in [0.2, 0.25) is 17.3 Å². The predicted octanol–water partition coefficient (Wildman–Crippen LogP) is 0.943. The van der Waals surface area contributed by atoms with Gasteiger partial charge >= 0.3 is 5.97 Å². The van der Waals surface area contributed by atoms with Gasteiger partial charge in [-0.3, -0.25) is 4.79 Å². The highest BCUT2D eigenvalue weighted by atomic mass is 16.5. The minimum absolute atomic E-state index is 0.0173. The summed E-state index contributed by atoms with van der Waals surface area (Å²) in [7, 11) is 0. The number of carboxylic acid groups (broad SMARTS) is 1. The van der Waals surface area contributed by atoms with Crippen molar-refractivity contribution in [3.8, 4) is 5.75 Å². The van der Waals surface area contributed by atoms with Crippen LogP contribution in [0.4, 0.5) is 0 Å². The average molecular weight is 182 g/mol. The summed E-state index contributed by atoms with van der Waals surface area (Å²) in [5, 5.41) is 8.56. The molecule has 0 bridgehead atoms. The second-order valence-corrected chi connectivity index (χ2v) is 2.63. The van der Waals surface area contributed by atoms with E-state index in [0.717, 1.165) is 0 Å². The van der Waals surface area contributed by atoms with Crippen molar-refractivity contribution in [2.24, 2.45) is 0 Å². The van der Waals surface area contributed by atoms with Gasteiger partial charge in [0.1, 0.15) is 0 Å². The first-order valence-electron chi connectivity index (χ1n) is 3.71. The van der Waals surface area contributed by atoms with Crippen LogP contribution < -0.4 is 4.74 Å². The third-order valence-corrected chi connectivity index (χ3v) is 1.75. The van der Waals surface area contributed by atoms with E-state index in [1.165, 1.54) is 6.07 Å². The molecule has 0 aliphatic carbocycles. The summed E-state index contributed by atoms with van der Waals surface area (Å²) in [5.74, 6) is -1.43. The van der Waals surface area contributed by atoms with Crippen LogP contribution in [0, 0.1) is 0 Å². The molecular weight excluding hydrogens is 176 g/mol. The smallest absolute Gasteiger partial charge is 0.371 e. The predicted molar refractivity (Wildman–Crippen MR) is 40.1 cm³/mol. The molecule has 0 unspecified atom stereocenters. The highest BCUT2D eigenvalue weighted by Crippen LogP contribution is 2.28. The van der Waals surface area contributed by atoms with E-state index in [0.29, 0.717) is 0 Å². The molecular formula is C8H6O5. The standard InChI is InChI=1S/C8H6O5/c9-4-1-2-12-5-3-6(8(10)11)13-7(4)5/h3H,1-2H2,(H,10,11). The largest absolute Gasteiger partial charge is 0.489 e. The lowest BCUT2D eigenvalue weighted by molar-refractivity contribution is 0.0659. The summed E-state index contributed by atoms with van der Waals surface area (Å²) >= 11 is 0. The maximum Gasteiger partial charge on any atom is 0.371 e. The van der Waals surface area contributed by atoms with Gasteiger partial charge in [-0.15, -0.1) is 0 Å². The molecule has 1 aromatic heterocycles. The Morgan fingerprint density at radius 1 is 1.54 bits per heavy atom. The number of carbonyl (C=O) groups excluding carboxylic acids is 1. The summed E-state index contributed by atoms with van der Waals surface area (Å²) in [4.78, 5) is 21.6. The zero-order chi connectivity index (χ0) is 9.42. The number of furan rings is 1. The number of ketones is 1. The molecule has 5 heteroatoms. The summed E-state index contributed by atoms with van der Waals surface area (Å²) < 4.78 is 9.85. The molecule has 1 aliphatic rings. The van der Waals surface area contributed by atoms with E-state index in [1.807, 2.05) is 0 Å². The quantitative estimate of drug-likeness (QED) is 0.699. The molecule has 2 heterocycles. The fourth-order valence-corrected chi connectivity index (χ4v) is 1.15. The van der Waals surface area contributed by atoms with Crippen LogP contribution in [0.5, 0.6) is 5.75 Å². The molecule has 0 radical (unpaired) electrons. The normalized spacial score (nSPS) is 14.9. The maximum absolute atomic E-state index is 11.2. The van der Waals surface area contributed by atoms with Crippen LogP contribution >= 0.6 is 0 Å². The molecule has 0 atom stereocenters. The lowest BCUT2D eigenvalue weighted by Crippen LogP contribution is -2.13. The Morgan fingerprint density at radius 2 is 2.31 bits per heavy atom. The van der Waals surface area contributed by atoms with Gasteiger partial charge in [0.05, 0.1) is 6.61 Å². The monoisotopic (exact) mass is 182 g/mol. The fourth-order valence-electron chi connectivity index (χ4n) is 1.15. The van der Waals surface area contributed by atoms with Crippen molar-refractivity contribution in [2.45, 2.75) is 6.42 Å². The van der Waals surface area contributed by atoms with Crippen molar-refractivity contribution in [3.63, 3.8) is 0 Å². The Labute approximate surface area is 72.9 Å². The third-order valence-electron chi connectivity index (χ3n) is 1.75. The molecule has 1 aromatic rings. The first-order valence-corrected chi connectivity index (χ1v) is 3.71. The number of aromatic carboxylic acids is 1. The lowest BCUT2D eigenvalue weighted by atomic mass is 10.2. The Kier molecular flexibility index (Phi) is 1.58. The van der Waals surface area contributed by atoms with Gasteiger partial charge in [-0.05, 0) is 0 Å². The molecule has 2 rings (SSSR count). The van der Waals surface area contributed by atoms with Gasteiger partial charge in [-0.25, -0.2) is 4.79 Å². The number of carbonyl (C=O) groups is 2. The van der Waals surface area contributed by atoms with Crippen LogP contribution in [0.25, 0.3) is 0 Å². The summed E-state index contributed by atoms with van der Waals surface area (Å²) in [6, 6.07) is 1.22. The van der Waals surface area contributed by atoms with Crippen LogP contribution in [0.1, 0.15) is 27.5 Å². The van der Waals surface area contributed by atoms with Crippen LogP contribution in [-0.4, -0.2) is 23.5 Å². The second kappa shape index (κ2) is 2.62. The average Bonchev–Trinajstić information content (AvgIpc) is 2.49. The van der Waals surface area contributed by atoms with Crippen LogP contribution in [0.3, 0.4) is 0 Å². The van der Waals surface area contributed by atoms with Crippen molar-refractivity contribution >= 4 is 11.8 Å². The van der Waals surface area contributed by atoms with E-state index in [4.69, 9.17) is 14.3 Å². The fraction of sp³-hybridized carbons (Fsp3) is 0.250. The Hall–Kier alpha value is -1.78. The molecule has 13 heavy (non-hydrogen) atoms. The number of hydrogen-bond donors (Lipinski definition) is 1. The number of hydrogen-bond acceptors (Lipinski definition) is 4. The number of fused-ring (bicyclic) bond motifs is 1. The van der Waals surface area contributed by atoms with Crippen LogP contribution in [0.15, 0.2) is 10.5 Å². The highest BCUT2D eigenvalue weighted by molar-refractivity contribution is 5.98. The minimum Gasteiger partial charge on any atom is -0.489 e. The number of carboxylic acids is 1. The van der Waals surface area contributed by atoms with Crippen LogP contribution in [0.2, 0.25) is 0 Å². The number of Topliss-reactive ketones (excluding diaryl/α,β-unsaturated/α-hetero) is 1. The van der Waals surface area contributed by atoms with Gasteiger partial charge in [0.15, 0.2) is 5.75 Å². The van der Waals surface area contributed by atoms with Crippen molar-refractivity contribution in [3.05, 3.63) is 17.6 Å². The summed E-state index contributed by atoms with van der Waals surface area (Å²) in [6.45, 7) is 0.282. The first kappa shape index (κ1) is 7.85. The Balaban J connectivity index is 2.48. The highest BCUT2D eigenvalue weighted by Gasteiger charge is 2.25. The molecule has 0 spiro atoms. The zero-order valence-electron chi connectivity index (χ0n) is 6.57. The van der Waals surface area contributed by atoms with Gasteiger partial charge in [-0.2, -0.15) is 0 Å². The zero-order valence-corrected chi connectivity index (χ0v) is 6.57. The van der Waals surface area contributed by atoms with Crippen molar-refractivity contribution < 1.29 is 23.8 Å². The molecule has 0 aromatic carbocycles. The molecule has 0 saturated heterocycles. The maximum atomic E-state index is 11.2. The molecule has 5 nitrogen and oxygen atoms in total. The van der Waals surface area contributed by atoms with Crippen molar-refractivity contribution in [1.29, 1.82) is 0 Å². The van der Waals surface area contributed by atoms with Crippen molar-refractivity contribution in [2.75, 3.05) is 6.61 Å². The van der Waals surface area contributed by atoms with Gasteiger partial charge in [0, 0.05) is 12.5 Å². The van der Waals surface area contributed by atoms with Gasteiger partial charge in [-0.1, -0.05) is 0 Å². The van der Waals surface area contributed by atoms with Crippen LogP contribution in [-0.2, 0) is 0 Å². The number of ether oxygens (including phenoxy) is 1. The van der Waals surface area contributed by atoms with E-state index in [9.17, 15) is 9.59 Å². The minimum atomic E-state index is -1.20. The first-order chi connectivity index (χ1) is 6.18. The third kappa shape index (κ3) is 1.18. The Morgan fingerprint density at radius 3 is 2.92 bits per heavy atom. The van der Waals surface area contributed by atoms with E-state index in [-0.39, 0.29) is 36.1 Å². The van der Waals surface area contributed by atoms with E-state index in [2.05, 4.69) is 0 Å². The lowest BCUT2D eigenvalue weighted by Gasteiger charge is -2.09. The topological polar surface area (TPSA) is 76.7 Å². The summed E-state index contributed by atoms with van der Waals surface area (Å²) in [5.41, 5.74) is 0. The second-order valence-electron chi connectivity index (χ2n) is 2.63. The van der Waals surface area contributed by atoms with E-state index < -0.39 is 5.97 Å². The molecule has 0 fully saturated rings. The molecule has 0 saturated carbocycles. The molecule has 1 N–H and O–H groups in total. The van der Waals surface area contributed by atoms with E-state index >= 15 is 0 Å². The van der Waals surface area contributed by atoms with E-state index in [1.54, 1.807) is 0 Å². The molecule has 0 amide bonds. The summed E-state index contributed by atoms with van der Waals surface area (Å²) in [6.07, 6.45) is 0.236. The van der Waals surface area contributed by atoms with Crippen molar-refractivity contribution in [1.82, 2.24) is 0 Å². The van der Waals surface area contributed by atoms with Gasteiger partial charge in [0.25, 0.3) is 0 Å². The molecule has 1 aliphatic heterocycles. The molecule has 68 valence electrons. The van der Waals surface area contributed by atoms with Gasteiger partial charge < -0.3 is 14.3 Å². The Bertz CT molecular complexity index is 376. The SMILES string of the molecule is O=C(O)c1cc2c(o1)C(=O)CCO2.